The highest BCUT2D eigenvalue weighted by Gasteiger charge is 2.31. The molecule has 2 amide bonds. The van der Waals surface area contributed by atoms with Gasteiger partial charge in [0.25, 0.3) is 0 Å². The number of ether oxygens (including phenoxy) is 1. The minimum absolute atomic E-state index is 0.268. The van der Waals surface area contributed by atoms with E-state index < -0.39 is 6.36 Å². The second-order valence-corrected chi connectivity index (χ2v) is 9.64. The Labute approximate surface area is 231 Å². The zero-order chi connectivity index (χ0) is 28.3. The minimum Gasteiger partial charge on any atom is -0.406 e. The summed E-state index contributed by atoms with van der Waals surface area (Å²) in [6.07, 6.45) is 0.0821. The molecule has 0 radical (unpaired) electrons. The second kappa shape index (κ2) is 11.3. The van der Waals surface area contributed by atoms with Gasteiger partial charge in [-0.05, 0) is 59.3 Å². The van der Waals surface area contributed by atoms with Crippen molar-refractivity contribution in [1.29, 1.82) is 0 Å². The van der Waals surface area contributed by atoms with Gasteiger partial charge in [0.1, 0.15) is 12.1 Å². The Hall–Kier alpha value is -4.58. The first-order valence-corrected chi connectivity index (χ1v) is 12.9. The fourth-order valence-corrected chi connectivity index (χ4v) is 4.56. The van der Waals surface area contributed by atoms with Crippen molar-refractivity contribution in [1.82, 2.24) is 19.3 Å². The van der Waals surface area contributed by atoms with Crippen molar-refractivity contribution in [3.63, 3.8) is 0 Å². The first-order chi connectivity index (χ1) is 19.2. The van der Waals surface area contributed by atoms with Crippen LogP contribution in [0.3, 0.4) is 0 Å². The highest BCUT2D eigenvalue weighted by atomic mass is 32.2. The number of fused-ring (bicyclic) bond motifs is 3. The average Bonchev–Trinajstić information content (AvgIpc) is 3.35. The number of rotatable bonds is 7. The molecule has 0 saturated carbocycles. The molecule has 3 aromatic carbocycles. The van der Waals surface area contributed by atoms with E-state index in [1.54, 1.807) is 23.3 Å². The van der Waals surface area contributed by atoms with Crippen LogP contribution in [0, 0.1) is 0 Å². The van der Waals surface area contributed by atoms with Crippen molar-refractivity contribution in [2.24, 2.45) is 4.40 Å². The molecular weight excluding hydrogens is 541 g/mol. The highest BCUT2D eigenvalue weighted by molar-refractivity contribution is 7.96. The SMILES string of the molecule is CC(C)c1ccccc1NC(=O)NSN=Cc1cc2ccc3c(ncn3-c3ccc(OC(F)(F)F)cc3)c2cn1. The predicted molar refractivity (Wildman–Crippen MR) is 151 cm³/mol. The number of carbonyl (C=O) groups excluding carboxylic acids is 1. The second-order valence-electron chi connectivity index (χ2n) is 9.04. The number of para-hydroxylation sites is 1. The van der Waals surface area contributed by atoms with E-state index in [1.807, 2.05) is 42.5 Å². The standard InChI is InChI=1S/C28H23F3N6O2S/c1-17(2)22-5-3-4-6-24(22)35-27(38)36-40-34-14-19-13-18-7-12-25-26(23(18)15-32-19)33-16-37(25)20-8-10-21(11-9-20)39-28(29,30)31/h3-17H,1-2H3,(H2,35,36,38). The summed E-state index contributed by atoms with van der Waals surface area (Å²) in [4.78, 5) is 21.2. The molecule has 40 heavy (non-hydrogen) atoms. The number of benzene rings is 3. The van der Waals surface area contributed by atoms with E-state index in [0.29, 0.717) is 16.9 Å². The van der Waals surface area contributed by atoms with E-state index in [4.69, 9.17) is 0 Å². The fourth-order valence-electron chi connectivity index (χ4n) is 4.21. The monoisotopic (exact) mass is 564 g/mol. The van der Waals surface area contributed by atoms with Crippen LogP contribution in [-0.2, 0) is 0 Å². The molecule has 204 valence electrons. The Bertz CT molecular complexity index is 1700. The topological polar surface area (TPSA) is 93.4 Å². The van der Waals surface area contributed by atoms with Crippen LogP contribution in [0.4, 0.5) is 23.7 Å². The molecule has 0 unspecified atom stereocenters. The van der Waals surface area contributed by atoms with E-state index in [0.717, 1.165) is 39.7 Å². The van der Waals surface area contributed by atoms with Crippen LogP contribution >= 0.6 is 12.1 Å². The number of carbonyl (C=O) groups is 1. The molecule has 0 bridgehead atoms. The number of amides is 2. The largest absolute Gasteiger partial charge is 0.573 e. The van der Waals surface area contributed by atoms with Crippen molar-refractivity contribution in [2.45, 2.75) is 26.1 Å². The number of imidazole rings is 1. The summed E-state index contributed by atoms with van der Waals surface area (Å²) in [6.45, 7) is 4.12. The lowest BCUT2D eigenvalue weighted by Crippen LogP contribution is -2.23. The van der Waals surface area contributed by atoms with Crippen molar-refractivity contribution < 1.29 is 22.7 Å². The van der Waals surface area contributed by atoms with E-state index in [9.17, 15) is 18.0 Å². The van der Waals surface area contributed by atoms with E-state index in [-0.39, 0.29) is 17.7 Å². The molecule has 2 aromatic heterocycles. The lowest BCUT2D eigenvalue weighted by molar-refractivity contribution is -0.274. The van der Waals surface area contributed by atoms with Gasteiger partial charge >= 0.3 is 12.4 Å². The number of urea groups is 1. The Balaban J connectivity index is 1.26. The molecular formula is C28H23F3N6O2S. The van der Waals surface area contributed by atoms with Crippen molar-refractivity contribution in [3.8, 4) is 11.4 Å². The highest BCUT2D eigenvalue weighted by Crippen LogP contribution is 2.28. The molecule has 0 spiro atoms. The summed E-state index contributed by atoms with van der Waals surface area (Å²) in [5.74, 6) is -0.0283. The molecule has 2 N–H and O–H groups in total. The molecule has 2 heterocycles. The van der Waals surface area contributed by atoms with E-state index in [2.05, 4.69) is 43.0 Å². The number of nitrogens with zero attached hydrogens (tertiary/aromatic N) is 4. The van der Waals surface area contributed by atoms with Gasteiger partial charge < -0.3 is 10.1 Å². The maximum atomic E-state index is 12.5. The maximum absolute atomic E-state index is 12.5. The van der Waals surface area contributed by atoms with Gasteiger partial charge in [-0.25, -0.2) is 14.2 Å². The minimum atomic E-state index is -4.75. The molecule has 0 aliphatic carbocycles. The van der Waals surface area contributed by atoms with Gasteiger partial charge in [0, 0.05) is 23.0 Å². The van der Waals surface area contributed by atoms with Gasteiger partial charge in [-0.1, -0.05) is 38.1 Å². The quantitative estimate of drug-likeness (QED) is 0.159. The predicted octanol–water partition coefficient (Wildman–Crippen LogP) is 7.40. The smallest absolute Gasteiger partial charge is 0.406 e. The zero-order valence-corrected chi connectivity index (χ0v) is 22.1. The number of aromatic nitrogens is 3. The lowest BCUT2D eigenvalue weighted by atomic mass is 10.0. The van der Waals surface area contributed by atoms with E-state index >= 15 is 0 Å². The van der Waals surface area contributed by atoms with Crippen LogP contribution in [0.2, 0.25) is 0 Å². The van der Waals surface area contributed by atoms with Crippen LogP contribution in [0.25, 0.3) is 27.5 Å². The van der Waals surface area contributed by atoms with Gasteiger partial charge in [0.15, 0.2) is 0 Å². The van der Waals surface area contributed by atoms with Gasteiger partial charge in [0.2, 0.25) is 0 Å². The molecule has 0 aliphatic rings. The van der Waals surface area contributed by atoms with Crippen molar-refractivity contribution in [3.05, 3.63) is 90.5 Å². The molecule has 0 saturated heterocycles. The number of pyridine rings is 1. The molecule has 12 heteroatoms. The van der Waals surface area contributed by atoms with Crippen LogP contribution in [0.5, 0.6) is 5.75 Å². The number of halogens is 3. The first-order valence-electron chi connectivity index (χ1n) is 12.2. The molecule has 5 aromatic rings. The van der Waals surface area contributed by atoms with Gasteiger partial charge in [-0.3, -0.25) is 14.3 Å². The Morgan fingerprint density at radius 1 is 1.07 bits per heavy atom. The van der Waals surface area contributed by atoms with Crippen LogP contribution in [0.1, 0.15) is 31.0 Å². The van der Waals surface area contributed by atoms with Crippen LogP contribution in [-0.4, -0.2) is 33.1 Å². The molecule has 0 fully saturated rings. The summed E-state index contributed by atoms with van der Waals surface area (Å²) < 4.78 is 49.9. The van der Waals surface area contributed by atoms with Gasteiger partial charge in [-0.15, -0.1) is 13.2 Å². The number of hydrogen-bond donors (Lipinski definition) is 2. The first kappa shape index (κ1) is 27.0. The summed E-state index contributed by atoms with van der Waals surface area (Å²) in [5, 5.41) is 4.52. The van der Waals surface area contributed by atoms with Crippen molar-refractivity contribution >= 4 is 51.9 Å². The summed E-state index contributed by atoms with van der Waals surface area (Å²) in [6, 6.07) is 18.4. The number of hydrogen-bond acceptors (Lipinski definition) is 6. The number of alkyl halides is 3. The zero-order valence-electron chi connectivity index (χ0n) is 21.3. The number of anilines is 1. The van der Waals surface area contributed by atoms with Gasteiger partial charge in [0.05, 0.1) is 35.1 Å². The fraction of sp³-hybridized carbons (Fsp3) is 0.143. The summed E-state index contributed by atoms with van der Waals surface area (Å²) in [7, 11) is 0. The Kier molecular flexibility index (Phi) is 7.60. The summed E-state index contributed by atoms with van der Waals surface area (Å²) >= 11 is 0.883. The molecule has 0 aliphatic heterocycles. The third-order valence-corrected chi connectivity index (χ3v) is 6.48. The normalized spacial score (nSPS) is 11.9. The number of nitrogens with one attached hydrogen (secondary N) is 2. The van der Waals surface area contributed by atoms with Gasteiger partial charge in [-0.2, -0.15) is 0 Å². The van der Waals surface area contributed by atoms with Crippen molar-refractivity contribution in [2.75, 3.05) is 5.32 Å². The average molecular weight is 565 g/mol. The molecule has 0 atom stereocenters. The summed E-state index contributed by atoms with van der Waals surface area (Å²) in [5.41, 5.74) is 4.47. The lowest BCUT2D eigenvalue weighted by Gasteiger charge is -2.13. The van der Waals surface area contributed by atoms with Crippen LogP contribution in [0.15, 0.2) is 83.7 Å². The molecule has 5 rings (SSSR count). The third-order valence-electron chi connectivity index (χ3n) is 5.99. The molecule has 8 nitrogen and oxygen atoms in total. The third kappa shape index (κ3) is 6.18. The Morgan fingerprint density at radius 3 is 2.60 bits per heavy atom. The Morgan fingerprint density at radius 2 is 1.85 bits per heavy atom. The van der Waals surface area contributed by atoms with E-state index in [1.165, 1.54) is 24.3 Å². The van der Waals surface area contributed by atoms with Crippen LogP contribution < -0.4 is 14.8 Å². The maximum Gasteiger partial charge on any atom is 0.573 e.